The van der Waals surface area contributed by atoms with Gasteiger partial charge in [0.1, 0.15) is 11.9 Å². The van der Waals surface area contributed by atoms with Gasteiger partial charge in [-0.2, -0.15) is 5.26 Å². The van der Waals surface area contributed by atoms with E-state index in [0.29, 0.717) is 6.61 Å². The third-order valence-electron chi connectivity index (χ3n) is 5.42. The van der Waals surface area contributed by atoms with Gasteiger partial charge in [0.05, 0.1) is 23.5 Å². The Morgan fingerprint density at radius 2 is 1.81 bits per heavy atom. The zero-order chi connectivity index (χ0) is 18.1. The first-order valence-electron chi connectivity index (χ1n) is 9.49. The van der Waals surface area contributed by atoms with Crippen LogP contribution in [0.15, 0.2) is 30.3 Å². The number of aromatic nitrogens is 1. The molecule has 26 heavy (non-hydrogen) atoms. The Balaban J connectivity index is 1.93. The summed E-state index contributed by atoms with van der Waals surface area (Å²) >= 11 is 0. The molecule has 4 nitrogen and oxygen atoms in total. The van der Waals surface area contributed by atoms with Gasteiger partial charge in [-0.25, -0.2) is 4.98 Å². The van der Waals surface area contributed by atoms with E-state index in [9.17, 15) is 5.26 Å². The summed E-state index contributed by atoms with van der Waals surface area (Å²) in [6.07, 6.45) is 4.34. The van der Waals surface area contributed by atoms with Crippen LogP contribution in [0, 0.1) is 11.3 Å². The fraction of sp³-hybridized carbons (Fsp3) is 0.455. The first kappa shape index (κ1) is 17.1. The number of anilines is 1. The van der Waals surface area contributed by atoms with E-state index in [4.69, 9.17) is 9.72 Å². The molecule has 0 radical (unpaired) electrons. The molecule has 0 bridgehead atoms. The van der Waals surface area contributed by atoms with Crippen LogP contribution in [0.5, 0.6) is 0 Å². The van der Waals surface area contributed by atoms with Crippen LogP contribution in [0.25, 0.3) is 11.3 Å². The van der Waals surface area contributed by atoms with Crippen molar-refractivity contribution in [2.24, 2.45) is 0 Å². The number of ether oxygens (including phenoxy) is 1. The van der Waals surface area contributed by atoms with Crippen molar-refractivity contribution >= 4 is 5.82 Å². The predicted octanol–water partition coefficient (Wildman–Crippen LogP) is 4.46. The zero-order valence-corrected chi connectivity index (χ0v) is 15.6. The van der Waals surface area contributed by atoms with E-state index < -0.39 is 0 Å². The second-order valence-corrected chi connectivity index (χ2v) is 7.87. The number of piperidine rings is 1. The minimum Gasteiger partial charge on any atom is -0.370 e. The van der Waals surface area contributed by atoms with Crippen molar-refractivity contribution in [3.63, 3.8) is 0 Å². The predicted molar refractivity (Wildman–Crippen MR) is 103 cm³/mol. The van der Waals surface area contributed by atoms with E-state index in [1.165, 1.54) is 19.3 Å². The number of fused-ring (bicyclic) bond motifs is 1. The van der Waals surface area contributed by atoms with Gasteiger partial charge in [0.2, 0.25) is 0 Å². The summed E-state index contributed by atoms with van der Waals surface area (Å²) in [7, 11) is 0. The number of benzene rings is 1. The largest absolute Gasteiger partial charge is 0.370 e. The number of pyridine rings is 1. The average molecular weight is 347 g/mol. The van der Waals surface area contributed by atoms with Crippen LogP contribution in [0.4, 0.5) is 5.82 Å². The molecular weight excluding hydrogens is 322 g/mol. The Hall–Kier alpha value is -2.38. The van der Waals surface area contributed by atoms with E-state index in [-0.39, 0.29) is 5.60 Å². The minimum atomic E-state index is -0.257. The first-order chi connectivity index (χ1) is 12.6. The smallest absolute Gasteiger partial charge is 0.147 e. The fourth-order valence-electron chi connectivity index (χ4n) is 4.04. The lowest BCUT2D eigenvalue weighted by atomic mass is 9.86. The highest BCUT2D eigenvalue weighted by atomic mass is 16.5. The summed E-state index contributed by atoms with van der Waals surface area (Å²) in [5, 5.41) is 9.98. The van der Waals surface area contributed by atoms with E-state index in [1.54, 1.807) is 0 Å². The maximum atomic E-state index is 9.98. The van der Waals surface area contributed by atoms with Crippen molar-refractivity contribution in [1.29, 1.82) is 5.26 Å². The van der Waals surface area contributed by atoms with Gasteiger partial charge in [0.25, 0.3) is 0 Å². The van der Waals surface area contributed by atoms with E-state index >= 15 is 0 Å². The molecule has 4 heteroatoms. The van der Waals surface area contributed by atoms with Crippen LogP contribution in [-0.2, 0) is 17.8 Å². The maximum Gasteiger partial charge on any atom is 0.147 e. The van der Waals surface area contributed by atoms with Crippen LogP contribution in [0.3, 0.4) is 0 Å². The van der Waals surface area contributed by atoms with E-state index in [0.717, 1.165) is 53.3 Å². The molecule has 2 aliphatic rings. The zero-order valence-electron chi connectivity index (χ0n) is 15.6. The second-order valence-electron chi connectivity index (χ2n) is 7.87. The quantitative estimate of drug-likeness (QED) is 0.805. The summed E-state index contributed by atoms with van der Waals surface area (Å²) in [5.74, 6) is 0.863. The van der Waals surface area contributed by atoms with Crippen molar-refractivity contribution < 1.29 is 4.74 Å². The number of nitrogens with zero attached hydrogens (tertiary/aromatic N) is 3. The molecular formula is C22H25N3O. The van der Waals surface area contributed by atoms with Crippen molar-refractivity contribution in [2.45, 2.75) is 51.7 Å². The topological polar surface area (TPSA) is 49.2 Å². The molecule has 0 spiro atoms. The Bertz CT molecular complexity index is 846. The molecule has 1 saturated heterocycles. The molecule has 1 fully saturated rings. The molecule has 2 aromatic rings. The molecule has 0 saturated carbocycles. The minimum absolute atomic E-state index is 0.257. The Labute approximate surface area is 155 Å². The van der Waals surface area contributed by atoms with Gasteiger partial charge in [-0.3, -0.25) is 0 Å². The van der Waals surface area contributed by atoms with E-state index in [1.807, 2.05) is 18.2 Å². The van der Waals surface area contributed by atoms with E-state index in [2.05, 4.69) is 36.9 Å². The van der Waals surface area contributed by atoms with Crippen LogP contribution in [0.2, 0.25) is 0 Å². The average Bonchev–Trinajstić information content (AvgIpc) is 2.67. The van der Waals surface area contributed by atoms with Crippen LogP contribution in [0.1, 0.15) is 49.8 Å². The normalized spacial score (nSPS) is 18.9. The lowest BCUT2D eigenvalue weighted by Gasteiger charge is -2.36. The second kappa shape index (κ2) is 6.74. The molecule has 1 aromatic carbocycles. The highest BCUT2D eigenvalue weighted by molar-refractivity contribution is 5.72. The van der Waals surface area contributed by atoms with Gasteiger partial charge in [0, 0.05) is 30.6 Å². The Morgan fingerprint density at radius 3 is 2.50 bits per heavy atom. The standard InChI is InChI=1S/C22H25N3O/c1-22(2)13-17-18(14-23)21(25-11-7-4-8-12-25)24-20(19(17)15-26-22)16-9-5-3-6-10-16/h3,5-6,9-10H,4,7-8,11-13,15H2,1-2H3. The van der Waals surface area contributed by atoms with Crippen molar-refractivity contribution in [3.8, 4) is 17.3 Å². The maximum absolute atomic E-state index is 9.98. The molecule has 1 aromatic heterocycles. The fourth-order valence-corrected chi connectivity index (χ4v) is 4.04. The number of hydrogen-bond acceptors (Lipinski definition) is 4. The van der Waals surface area contributed by atoms with Gasteiger partial charge in [-0.05, 0) is 38.7 Å². The number of nitriles is 1. The monoisotopic (exact) mass is 347 g/mol. The third kappa shape index (κ3) is 3.08. The lowest BCUT2D eigenvalue weighted by Crippen LogP contribution is -2.35. The van der Waals surface area contributed by atoms with Crippen LogP contribution < -0.4 is 4.90 Å². The summed E-state index contributed by atoms with van der Waals surface area (Å²) < 4.78 is 6.08. The van der Waals surface area contributed by atoms with Gasteiger partial charge >= 0.3 is 0 Å². The number of hydrogen-bond donors (Lipinski definition) is 0. The van der Waals surface area contributed by atoms with Crippen LogP contribution >= 0.6 is 0 Å². The van der Waals surface area contributed by atoms with Gasteiger partial charge in [-0.1, -0.05) is 30.3 Å². The van der Waals surface area contributed by atoms with Crippen molar-refractivity contribution in [2.75, 3.05) is 18.0 Å². The first-order valence-corrected chi connectivity index (χ1v) is 9.49. The summed E-state index contributed by atoms with van der Waals surface area (Å²) in [6, 6.07) is 12.8. The highest BCUT2D eigenvalue weighted by Gasteiger charge is 2.33. The SMILES string of the molecule is CC1(C)Cc2c(C#N)c(N3CCCCC3)nc(-c3ccccc3)c2CO1. The molecule has 3 heterocycles. The molecule has 0 unspecified atom stereocenters. The van der Waals surface area contributed by atoms with Crippen molar-refractivity contribution in [3.05, 3.63) is 47.0 Å². The summed E-state index contributed by atoms with van der Waals surface area (Å²) in [6.45, 7) is 6.66. The number of rotatable bonds is 2. The molecule has 0 N–H and O–H groups in total. The Morgan fingerprint density at radius 1 is 1.08 bits per heavy atom. The van der Waals surface area contributed by atoms with Crippen LogP contribution in [-0.4, -0.2) is 23.7 Å². The van der Waals surface area contributed by atoms with Gasteiger partial charge in [-0.15, -0.1) is 0 Å². The van der Waals surface area contributed by atoms with Crippen molar-refractivity contribution in [1.82, 2.24) is 4.98 Å². The molecule has 2 aliphatic heterocycles. The molecule has 0 aliphatic carbocycles. The summed E-state index contributed by atoms with van der Waals surface area (Å²) in [5.41, 5.74) is 4.75. The molecule has 4 rings (SSSR count). The Kier molecular flexibility index (Phi) is 4.42. The highest BCUT2D eigenvalue weighted by Crippen LogP contribution is 2.39. The van der Waals surface area contributed by atoms with Gasteiger partial charge < -0.3 is 9.64 Å². The molecule has 0 atom stereocenters. The van der Waals surface area contributed by atoms with Gasteiger partial charge in [0.15, 0.2) is 0 Å². The lowest BCUT2D eigenvalue weighted by molar-refractivity contribution is -0.0400. The summed E-state index contributed by atoms with van der Waals surface area (Å²) in [4.78, 5) is 7.32. The third-order valence-corrected chi connectivity index (χ3v) is 5.42. The molecule has 0 amide bonds. The molecule has 134 valence electrons.